The van der Waals surface area contributed by atoms with Crippen molar-refractivity contribution in [3.05, 3.63) is 24.3 Å². The molecule has 1 fully saturated rings. The van der Waals surface area contributed by atoms with Gasteiger partial charge in [-0.2, -0.15) is 0 Å². The normalized spacial score (nSPS) is 16.1. The molecule has 100 valence electrons. The minimum Gasteiger partial charge on any atom is -0.350 e. The van der Waals surface area contributed by atoms with Crippen molar-refractivity contribution in [3.63, 3.8) is 0 Å². The molecule has 0 N–H and O–H groups in total. The number of aryl methyl sites for hydroxylation is 1. The Morgan fingerprint density at radius 1 is 1.26 bits per heavy atom. The van der Waals surface area contributed by atoms with E-state index in [1.807, 2.05) is 28.6 Å². The van der Waals surface area contributed by atoms with Crippen LogP contribution in [0, 0.1) is 6.92 Å². The van der Waals surface area contributed by atoms with E-state index in [1.165, 1.54) is 0 Å². The molecule has 0 bridgehead atoms. The zero-order valence-corrected chi connectivity index (χ0v) is 11.2. The van der Waals surface area contributed by atoms with Crippen LogP contribution in [0.1, 0.15) is 12.6 Å². The summed E-state index contributed by atoms with van der Waals surface area (Å²) in [6.45, 7) is 6.70. The lowest BCUT2D eigenvalue weighted by Gasteiger charge is -2.34. The molecule has 3 rings (SSSR count). The summed E-state index contributed by atoms with van der Waals surface area (Å²) in [5, 5.41) is 0. The molecule has 0 aliphatic carbocycles. The number of imidazole rings is 1. The molecule has 0 spiro atoms. The maximum atomic E-state index is 11.3. The van der Waals surface area contributed by atoms with E-state index in [1.54, 1.807) is 13.1 Å². The Morgan fingerprint density at radius 2 is 2.00 bits per heavy atom. The molecule has 1 amide bonds. The number of fused-ring (bicyclic) bond motifs is 1. The average molecular weight is 259 g/mol. The molecule has 0 saturated carbocycles. The minimum atomic E-state index is 0.141. The first-order chi connectivity index (χ1) is 9.15. The van der Waals surface area contributed by atoms with Crippen LogP contribution in [-0.4, -0.2) is 51.4 Å². The molecule has 2 aromatic heterocycles. The van der Waals surface area contributed by atoms with Crippen LogP contribution in [0.3, 0.4) is 0 Å². The number of carbonyl (C=O) groups is 1. The Hall–Kier alpha value is -2.11. The first-order valence-electron chi connectivity index (χ1n) is 6.46. The molecule has 6 heteroatoms. The Morgan fingerprint density at radius 3 is 2.68 bits per heavy atom. The molecule has 19 heavy (non-hydrogen) atoms. The quantitative estimate of drug-likeness (QED) is 0.756. The molecule has 6 nitrogen and oxygen atoms in total. The van der Waals surface area contributed by atoms with Crippen molar-refractivity contribution in [2.24, 2.45) is 0 Å². The molecular weight excluding hydrogens is 242 g/mol. The highest BCUT2D eigenvalue weighted by molar-refractivity contribution is 5.74. The van der Waals surface area contributed by atoms with Crippen molar-refractivity contribution >= 4 is 17.4 Å². The summed E-state index contributed by atoms with van der Waals surface area (Å²) in [6, 6.07) is 0. The summed E-state index contributed by atoms with van der Waals surface area (Å²) in [5.74, 6) is 1.04. The van der Waals surface area contributed by atoms with Crippen molar-refractivity contribution in [2.75, 3.05) is 31.1 Å². The fourth-order valence-electron chi connectivity index (χ4n) is 2.48. The molecule has 3 heterocycles. The molecule has 1 aliphatic heterocycles. The van der Waals surface area contributed by atoms with Crippen molar-refractivity contribution in [1.82, 2.24) is 19.3 Å². The fourth-order valence-corrected chi connectivity index (χ4v) is 2.48. The predicted molar refractivity (Wildman–Crippen MR) is 72.2 cm³/mol. The summed E-state index contributed by atoms with van der Waals surface area (Å²) in [4.78, 5) is 24.4. The van der Waals surface area contributed by atoms with E-state index in [4.69, 9.17) is 0 Å². The number of aromatic nitrogens is 3. The van der Waals surface area contributed by atoms with Gasteiger partial charge in [0.15, 0.2) is 11.5 Å². The molecule has 0 unspecified atom stereocenters. The van der Waals surface area contributed by atoms with E-state index >= 15 is 0 Å². The molecule has 1 aliphatic rings. The van der Waals surface area contributed by atoms with E-state index < -0.39 is 0 Å². The van der Waals surface area contributed by atoms with Gasteiger partial charge >= 0.3 is 0 Å². The number of hydrogen-bond donors (Lipinski definition) is 0. The number of nitrogens with zero attached hydrogens (tertiary/aromatic N) is 5. The maximum Gasteiger partial charge on any atom is 0.219 e. The Balaban J connectivity index is 1.87. The number of anilines is 1. The van der Waals surface area contributed by atoms with Crippen LogP contribution in [0.15, 0.2) is 18.6 Å². The number of rotatable bonds is 1. The van der Waals surface area contributed by atoms with Crippen molar-refractivity contribution < 1.29 is 4.79 Å². The summed E-state index contributed by atoms with van der Waals surface area (Å²) in [5.41, 5.74) is 1.87. The highest BCUT2D eigenvalue weighted by atomic mass is 16.2. The number of hydrogen-bond acceptors (Lipinski definition) is 4. The minimum absolute atomic E-state index is 0.141. The van der Waals surface area contributed by atoms with Gasteiger partial charge in [0.05, 0.1) is 5.69 Å². The van der Waals surface area contributed by atoms with Gasteiger partial charge in [0.25, 0.3) is 0 Å². The van der Waals surface area contributed by atoms with Gasteiger partial charge in [-0.1, -0.05) is 0 Å². The Kier molecular flexibility index (Phi) is 2.85. The zero-order chi connectivity index (χ0) is 13.4. The largest absolute Gasteiger partial charge is 0.350 e. The van der Waals surface area contributed by atoms with E-state index in [9.17, 15) is 4.79 Å². The second kappa shape index (κ2) is 4.53. The van der Waals surface area contributed by atoms with E-state index in [2.05, 4.69) is 14.9 Å². The van der Waals surface area contributed by atoms with Gasteiger partial charge < -0.3 is 14.2 Å². The smallest absolute Gasteiger partial charge is 0.219 e. The van der Waals surface area contributed by atoms with Crippen molar-refractivity contribution in [2.45, 2.75) is 13.8 Å². The second-order valence-corrected chi connectivity index (χ2v) is 4.86. The third-order valence-electron chi connectivity index (χ3n) is 3.50. The van der Waals surface area contributed by atoms with Crippen LogP contribution < -0.4 is 4.90 Å². The van der Waals surface area contributed by atoms with Gasteiger partial charge in [-0.15, -0.1) is 0 Å². The predicted octanol–water partition coefficient (Wildman–Crippen LogP) is 0.706. The zero-order valence-electron chi connectivity index (χ0n) is 11.2. The van der Waals surface area contributed by atoms with E-state index in [0.29, 0.717) is 0 Å². The first-order valence-corrected chi connectivity index (χ1v) is 6.46. The van der Waals surface area contributed by atoms with Gasteiger partial charge in [0.2, 0.25) is 5.91 Å². The number of carbonyl (C=O) groups excluding carboxylic acids is 1. The monoisotopic (exact) mass is 259 g/mol. The van der Waals surface area contributed by atoms with Crippen LogP contribution in [0.2, 0.25) is 0 Å². The number of piperazine rings is 1. The average Bonchev–Trinajstić information content (AvgIpc) is 2.78. The number of amides is 1. The fraction of sp³-hybridized carbons (Fsp3) is 0.462. The summed E-state index contributed by atoms with van der Waals surface area (Å²) in [7, 11) is 0. The lowest BCUT2D eigenvalue weighted by atomic mass is 10.3. The first kappa shape index (κ1) is 12.0. The second-order valence-electron chi connectivity index (χ2n) is 4.86. The Bertz CT molecular complexity index is 613. The summed E-state index contributed by atoms with van der Waals surface area (Å²) in [6.07, 6.45) is 5.69. The lowest BCUT2D eigenvalue weighted by molar-refractivity contribution is -0.129. The third-order valence-corrected chi connectivity index (χ3v) is 3.50. The van der Waals surface area contributed by atoms with Crippen LogP contribution in [-0.2, 0) is 4.79 Å². The SMILES string of the molecule is CC(=O)N1CCN(c2nccn3cc(C)nc23)CC1. The lowest BCUT2D eigenvalue weighted by Crippen LogP contribution is -2.48. The van der Waals surface area contributed by atoms with E-state index in [-0.39, 0.29) is 5.91 Å². The highest BCUT2D eigenvalue weighted by Crippen LogP contribution is 2.19. The molecule has 0 atom stereocenters. The van der Waals surface area contributed by atoms with Crippen molar-refractivity contribution in [3.8, 4) is 0 Å². The van der Waals surface area contributed by atoms with Gasteiger partial charge in [0, 0.05) is 51.7 Å². The van der Waals surface area contributed by atoms with Gasteiger partial charge in [0.1, 0.15) is 0 Å². The van der Waals surface area contributed by atoms with Crippen molar-refractivity contribution in [1.29, 1.82) is 0 Å². The Labute approximate surface area is 111 Å². The molecule has 1 saturated heterocycles. The van der Waals surface area contributed by atoms with Gasteiger partial charge in [-0.05, 0) is 6.92 Å². The summed E-state index contributed by atoms with van der Waals surface area (Å²) < 4.78 is 2.00. The van der Waals surface area contributed by atoms with Crippen LogP contribution in [0.25, 0.3) is 5.65 Å². The molecule has 0 aromatic carbocycles. The maximum absolute atomic E-state index is 11.3. The van der Waals surface area contributed by atoms with Crippen LogP contribution in [0.5, 0.6) is 0 Å². The topological polar surface area (TPSA) is 53.7 Å². The van der Waals surface area contributed by atoms with Gasteiger partial charge in [-0.25, -0.2) is 9.97 Å². The van der Waals surface area contributed by atoms with Crippen LogP contribution in [0.4, 0.5) is 5.82 Å². The summed E-state index contributed by atoms with van der Waals surface area (Å²) >= 11 is 0. The van der Waals surface area contributed by atoms with Gasteiger partial charge in [-0.3, -0.25) is 4.79 Å². The molecular formula is C13H17N5O. The molecule has 0 radical (unpaired) electrons. The highest BCUT2D eigenvalue weighted by Gasteiger charge is 2.21. The standard InChI is InChI=1S/C13H17N5O/c1-10-9-18-4-3-14-12(13(18)15-10)17-7-5-16(6-8-17)11(2)19/h3-4,9H,5-8H2,1-2H3. The third kappa shape index (κ3) is 2.14. The van der Waals surface area contributed by atoms with E-state index in [0.717, 1.165) is 43.3 Å². The molecule has 2 aromatic rings. The van der Waals surface area contributed by atoms with Crippen LogP contribution >= 0.6 is 0 Å².